The third-order valence-corrected chi connectivity index (χ3v) is 5.12. The van der Waals surface area contributed by atoms with Crippen molar-refractivity contribution in [2.45, 2.75) is 19.9 Å². The third-order valence-electron chi connectivity index (χ3n) is 4.08. The minimum atomic E-state index is -0.545. The number of nitrogens with zero attached hydrogens (tertiary/aromatic N) is 2. The van der Waals surface area contributed by atoms with Crippen molar-refractivity contribution >= 4 is 33.4 Å². The molecule has 9 nitrogen and oxygen atoms in total. The maximum Gasteiger partial charge on any atom is 0.317 e. The maximum atomic E-state index is 12.5. The number of amides is 1. The van der Waals surface area contributed by atoms with Crippen LogP contribution in [-0.4, -0.2) is 43.1 Å². The van der Waals surface area contributed by atoms with Crippen LogP contribution in [0.5, 0.6) is 11.5 Å². The van der Waals surface area contributed by atoms with Crippen LogP contribution in [0.25, 0.3) is 10.2 Å². The highest BCUT2D eigenvalue weighted by Crippen LogP contribution is 2.37. The summed E-state index contributed by atoms with van der Waals surface area (Å²) in [6.45, 7) is 3.23. The Kier molecular flexibility index (Phi) is 5.20. The van der Waals surface area contributed by atoms with E-state index in [2.05, 4.69) is 4.99 Å². The smallest absolute Gasteiger partial charge is 0.317 e. The zero-order valence-electron chi connectivity index (χ0n) is 15.1. The van der Waals surface area contributed by atoms with E-state index in [0.717, 1.165) is 10.2 Å². The van der Waals surface area contributed by atoms with Crippen molar-refractivity contribution in [1.82, 2.24) is 4.57 Å². The SMILES string of the molecule is CCOC(=O)CCn1c(=NC(=O)C2=COCCO2)sc2cc3c(cc21)OCO3. The monoisotopic (exact) mass is 406 g/mol. The summed E-state index contributed by atoms with van der Waals surface area (Å²) in [4.78, 5) is 28.9. The molecule has 4 rings (SSSR count). The lowest BCUT2D eigenvalue weighted by molar-refractivity contribution is -0.143. The van der Waals surface area contributed by atoms with Crippen LogP contribution in [0.1, 0.15) is 13.3 Å². The minimum Gasteiger partial charge on any atom is -0.494 e. The first-order valence-corrected chi connectivity index (χ1v) is 9.59. The molecule has 0 unspecified atom stereocenters. The van der Waals surface area contributed by atoms with Crippen LogP contribution in [0.3, 0.4) is 0 Å². The predicted molar refractivity (Wildman–Crippen MR) is 97.7 cm³/mol. The van der Waals surface area contributed by atoms with E-state index < -0.39 is 5.91 Å². The lowest BCUT2D eigenvalue weighted by Crippen LogP contribution is -2.21. The molecule has 148 valence electrons. The molecule has 3 heterocycles. The molecule has 0 aliphatic carbocycles. The van der Waals surface area contributed by atoms with Gasteiger partial charge in [0.25, 0.3) is 0 Å². The van der Waals surface area contributed by atoms with Gasteiger partial charge in [-0.15, -0.1) is 0 Å². The van der Waals surface area contributed by atoms with E-state index in [4.69, 9.17) is 23.7 Å². The molecular weight excluding hydrogens is 388 g/mol. The first-order chi connectivity index (χ1) is 13.7. The van der Waals surface area contributed by atoms with Crippen molar-refractivity contribution in [1.29, 1.82) is 0 Å². The topological polar surface area (TPSA) is 97.6 Å². The summed E-state index contributed by atoms with van der Waals surface area (Å²) in [5.41, 5.74) is 0.792. The molecule has 1 amide bonds. The lowest BCUT2D eigenvalue weighted by Gasteiger charge is -2.12. The molecule has 2 aliphatic rings. The number of hydrogen-bond donors (Lipinski definition) is 0. The summed E-state index contributed by atoms with van der Waals surface area (Å²) < 4.78 is 28.9. The van der Waals surface area contributed by atoms with Crippen LogP contribution in [0.2, 0.25) is 0 Å². The zero-order chi connectivity index (χ0) is 19.5. The Balaban J connectivity index is 1.74. The number of fused-ring (bicyclic) bond motifs is 2. The van der Waals surface area contributed by atoms with Crippen LogP contribution in [0, 0.1) is 0 Å². The largest absolute Gasteiger partial charge is 0.494 e. The van der Waals surface area contributed by atoms with Gasteiger partial charge >= 0.3 is 11.9 Å². The van der Waals surface area contributed by atoms with Crippen molar-refractivity contribution in [3.05, 3.63) is 29.0 Å². The van der Waals surface area contributed by atoms with Gasteiger partial charge in [-0.2, -0.15) is 4.99 Å². The van der Waals surface area contributed by atoms with Gasteiger partial charge in [0.15, 0.2) is 16.3 Å². The fraction of sp³-hybridized carbons (Fsp3) is 0.389. The third kappa shape index (κ3) is 3.68. The highest BCUT2D eigenvalue weighted by molar-refractivity contribution is 7.16. The molecule has 0 atom stereocenters. The Bertz CT molecular complexity index is 1020. The minimum absolute atomic E-state index is 0.0507. The molecule has 10 heteroatoms. The van der Waals surface area contributed by atoms with Gasteiger partial charge in [0.2, 0.25) is 12.6 Å². The summed E-state index contributed by atoms with van der Waals surface area (Å²) in [5, 5.41) is 0. The number of aromatic nitrogens is 1. The van der Waals surface area contributed by atoms with Crippen molar-refractivity contribution < 1.29 is 33.3 Å². The summed E-state index contributed by atoms with van der Waals surface area (Å²) in [6, 6.07) is 3.66. The number of benzene rings is 1. The van der Waals surface area contributed by atoms with Gasteiger partial charge in [-0.3, -0.25) is 9.59 Å². The molecule has 2 aromatic rings. The van der Waals surface area contributed by atoms with Gasteiger partial charge in [0, 0.05) is 18.7 Å². The van der Waals surface area contributed by atoms with E-state index in [-0.39, 0.29) is 24.9 Å². The van der Waals surface area contributed by atoms with Crippen LogP contribution in [0.15, 0.2) is 29.1 Å². The first-order valence-electron chi connectivity index (χ1n) is 8.78. The molecule has 0 radical (unpaired) electrons. The molecular formula is C18H18N2O7S. The van der Waals surface area contributed by atoms with Gasteiger partial charge in [-0.25, -0.2) is 0 Å². The number of ether oxygens (including phenoxy) is 5. The second-order valence-corrected chi connectivity index (χ2v) is 6.89. The van der Waals surface area contributed by atoms with Gasteiger partial charge in [0.1, 0.15) is 19.5 Å². The van der Waals surface area contributed by atoms with Crippen molar-refractivity contribution in [3.63, 3.8) is 0 Å². The molecule has 1 aromatic carbocycles. The number of hydrogen-bond acceptors (Lipinski definition) is 8. The molecule has 0 saturated heterocycles. The van der Waals surface area contributed by atoms with Crippen LogP contribution in [-0.2, 0) is 30.3 Å². The van der Waals surface area contributed by atoms with Crippen LogP contribution in [0.4, 0.5) is 0 Å². The Morgan fingerprint density at radius 3 is 2.79 bits per heavy atom. The van der Waals surface area contributed by atoms with Crippen molar-refractivity contribution in [2.75, 3.05) is 26.6 Å². The van der Waals surface area contributed by atoms with Crippen LogP contribution >= 0.6 is 11.3 Å². The number of thiazole rings is 1. The highest BCUT2D eigenvalue weighted by atomic mass is 32.1. The van der Waals surface area contributed by atoms with E-state index in [1.807, 2.05) is 12.1 Å². The molecule has 0 fully saturated rings. The molecule has 0 spiro atoms. The van der Waals surface area contributed by atoms with E-state index in [9.17, 15) is 9.59 Å². The normalized spacial score (nSPS) is 15.8. The highest BCUT2D eigenvalue weighted by Gasteiger charge is 2.20. The number of carbonyl (C=O) groups is 2. The van der Waals surface area contributed by atoms with Gasteiger partial charge in [-0.1, -0.05) is 11.3 Å². The number of esters is 1. The lowest BCUT2D eigenvalue weighted by atomic mass is 10.3. The zero-order valence-corrected chi connectivity index (χ0v) is 16.0. The standard InChI is InChI=1S/C18H18N2O7S/c1-2-24-16(21)3-4-20-11-7-12-13(27-10-26-12)8-15(11)28-18(20)19-17(22)14-9-23-5-6-25-14/h7-9H,2-6,10H2,1H3. The Labute approximate surface area is 163 Å². The van der Waals surface area contributed by atoms with Gasteiger partial charge in [0.05, 0.1) is 23.2 Å². The summed E-state index contributed by atoms with van der Waals surface area (Å²) in [5.74, 6) is 0.431. The van der Waals surface area contributed by atoms with E-state index in [1.165, 1.54) is 17.6 Å². The van der Waals surface area contributed by atoms with E-state index in [1.54, 1.807) is 11.5 Å². The molecule has 28 heavy (non-hydrogen) atoms. The van der Waals surface area contributed by atoms with Gasteiger partial charge in [-0.05, 0) is 6.92 Å². The number of aryl methyl sites for hydroxylation is 1. The molecule has 0 N–H and O–H groups in total. The molecule has 1 aromatic heterocycles. The number of carbonyl (C=O) groups excluding carboxylic acids is 2. The second-order valence-electron chi connectivity index (χ2n) is 5.88. The average Bonchev–Trinajstić information content (AvgIpc) is 3.28. The van der Waals surface area contributed by atoms with E-state index >= 15 is 0 Å². The summed E-state index contributed by atoms with van der Waals surface area (Å²) >= 11 is 1.31. The molecule has 0 bridgehead atoms. The Morgan fingerprint density at radius 1 is 1.21 bits per heavy atom. The van der Waals surface area contributed by atoms with Gasteiger partial charge < -0.3 is 28.3 Å². The predicted octanol–water partition coefficient (Wildman–Crippen LogP) is 1.70. The Hall–Kier alpha value is -3.01. The maximum absolute atomic E-state index is 12.5. The fourth-order valence-electron chi connectivity index (χ4n) is 2.82. The quantitative estimate of drug-likeness (QED) is 0.697. The van der Waals surface area contributed by atoms with Crippen molar-refractivity contribution in [2.24, 2.45) is 4.99 Å². The van der Waals surface area contributed by atoms with Crippen molar-refractivity contribution in [3.8, 4) is 11.5 Å². The first kappa shape index (κ1) is 18.4. The average molecular weight is 406 g/mol. The summed E-state index contributed by atoms with van der Waals surface area (Å²) in [6.07, 6.45) is 1.42. The summed E-state index contributed by atoms with van der Waals surface area (Å²) in [7, 11) is 0. The molecule has 2 aliphatic heterocycles. The molecule has 0 saturated carbocycles. The van der Waals surface area contributed by atoms with Crippen LogP contribution < -0.4 is 14.3 Å². The number of rotatable bonds is 5. The second kappa shape index (κ2) is 7.93. The fourth-order valence-corrected chi connectivity index (χ4v) is 3.88. The van der Waals surface area contributed by atoms with E-state index in [0.29, 0.717) is 42.7 Å². The Morgan fingerprint density at radius 2 is 2.04 bits per heavy atom.